The average Bonchev–Trinajstić information content (AvgIpc) is 3.58. The summed E-state index contributed by atoms with van der Waals surface area (Å²) in [7, 11) is -8.70. The van der Waals surface area contributed by atoms with Gasteiger partial charge in [0.15, 0.2) is 0 Å². The minimum Gasteiger partial charge on any atom is -0.798 e. The van der Waals surface area contributed by atoms with Crippen molar-refractivity contribution in [2.45, 2.75) is 76.8 Å². The number of carboxylic acids is 1. The number of H-pyrrole nitrogens is 1. The predicted octanol–water partition coefficient (Wildman–Crippen LogP) is -3.05. The van der Waals surface area contributed by atoms with E-state index in [1.807, 2.05) is 48.5 Å². The number of benzene rings is 3. The number of fused-ring (bicyclic) bond motifs is 1. The largest absolute Gasteiger partial charge is 1.00 e. The van der Waals surface area contributed by atoms with Gasteiger partial charge in [-0.05, 0) is 60.8 Å². The fourth-order valence-electron chi connectivity index (χ4n) is 6.60. The van der Waals surface area contributed by atoms with Crippen molar-refractivity contribution in [2.24, 2.45) is 11.8 Å². The van der Waals surface area contributed by atoms with Crippen molar-refractivity contribution in [1.82, 2.24) is 25.7 Å². The molecule has 0 saturated heterocycles. The summed E-state index contributed by atoms with van der Waals surface area (Å²) in [6.07, 6.45) is 1.55. The molecule has 5 N–H and O–H groups in total. The molecule has 1 heterocycles. The van der Waals surface area contributed by atoms with Gasteiger partial charge in [0.2, 0.25) is 21.8 Å². The summed E-state index contributed by atoms with van der Waals surface area (Å²) >= 11 is 0. The van der Waals surface area contributed by atoms with Gasteiger partial charge in [-0.15, -0.1) is 0 Å². The Bertz CT molecular complexity index is 2140. The molecule has 0 aliphatic carbocycles. The van der Waals surface area contributed by atoms with Gasteiger partial charge < -0.3 is 45.0 Å². The van der Waals surface area contributed by atoms with Crippen LogP contribution in [0.25, 0.3) is 10.9 Å². The SMILES string of the molecule is CC(C)CC(CP(=O)([O-])C(Cc1ccccc1)NC(=O)[C@H](CCCCNC(=O)OCc1ccccc1)NS(C)(=O)=O)C(=O)N[C@@H](Cc1c[nH]c2ccccc12)C(=O)[O-].[Na+].[Na+]. The van der Waals surface area contributed by atoms with Gasteiger partial charge in [0.25, 0.3) is 0 Å². The molecule has 4 rings (SSSR count). The second kappa shape index (κ2) is 25.8. The molecule has 0 bridgehead atoms. The number of hydrogen-bond donors (Lipinski definition) is 5. The molecule has 5 atom stereocenters. The summed E-state index contributed by atoms with van der Waals surface area (Å²) in [5.74, 6) is -6.14. The van der Waals surface area contributed by atoms with E-state index in [2.05, 4.69) is 25.7 Å². The summed E-state index contributed by atoms with van der Waals surface area (Å²) < 4.78 is 46.5. The average molecular weight is 884 g/mol. The van der Waals surface area contributed by atoms with Crippen LogP contribution in [0.15, 0.2) is 91.1 Å². The van der Waals surface area contributed by atoms with Gasteiger partial charge in [-0.2, -0.15) is 0 Å². The third kappa shape index (κ3) is 18.1. The number of amides is 3. The van der Waals surface area contributed by atoms with Crippen molar-refractivity contribution < 1.29 is 106 Å². The Hall–Kier alpha value is -3.02. The molecule has 3 unspecified atom stereocenters. The molecular formula is C41H52N5Na2O10PS. The topological polar surface area (TPSA) is 239 Å². The Kier molecular flexibility index (Phi) is 22.8. The van der Waals surface area contributed by atoms with E-state index in [-0.39, 0.29) is 110 Å². The number of aromatic nitrogens is 1. The van der Waals surface area contributed by atoms with Crippen LogP contribution in [0.1, 0.15) is 56.2 Å². The van der Waals surface area contributed by atoms with E-state index in [0.717, 1.165) is 22.7 Å². The summed E-state index contributed by atoms with van der Waals surface area (Å²) in [6, 6.07) is 22.0. The molecule has 0 spiro atoms. The third-order valence-corrected chi connectivity index (χ3v) is 12.4. The molecule has 0 aliphatic rings. The Morgan fingerprint density at radius 2 is 1.43 bits per heavy atom. The first-order valence-electron chi connectivity index (χ1n) is 19.1. The van der Waals surface area contributed by atoms with Crippen molar-refractivity contribution in [3.63, 3.8) is 0 Å². The van der Waals surface area contributed by atoms with Gasteiger partial charge in [0.1, 0.15) is 12.6 Å². The first kappa shape index (κ1) is 53.1. The molecule has 3 amide bonds. The normalized spacial score (nSPS) is 14.3. The zero-order valence-electron chi connectivity index (χ0n) is 34.8. The first-order chi connectivity index (χ1) is 27.5. The van der Waals surface area contributed by atoms with Crippen LogP contribution in [0.5, 0.6) is 0 Å². The molecule has 1 aromatic heterocycles. The maximum atomic E-state index is 14.3. The predicted molar refractivity (Wildman–Crippen MR) is 217 cm³/mol. The van der Waals surface area contributed by atoms with Gasteiger partial charge in [-0.1, -0.05) is 92.7 Å². The summed E-state index contributed by atoms with van der Waals surface area (Å²) in [5, 5.41) is 20.7. The summed E-state index contributed by atoms with van der Waals surface area (Å²) in [4.78, 5) is 69.3. The maximum absolute atomic E-state index is 14.3. The fourth-order valence-corrected chi connectivity index (χ4v) is 9.34. The van der Waals surface area contributed by atoms with Crippen molar-refractivity contribution in [1.29, 1.82) is 0 Å². The molecule has 0 fully saturated rings. The van der Waals surface area contributed by atoms with E-state index in [9.17, 15) is 42.2 Å². The van der Waals surface area contributed by atoms with Crippen LogP contribution in [0.2, 0.25) is 0 Å². The van der Waals surface area contributed by atoms with Crippen LogP contribution in [-0.2, 0) is 53.2 Å². The molecule has 60 heavy (non-hydrogen) atoms. The van der Waals surface area contributed by atoms with Gasteiger partial charge >= 0.3 is 65.2 Å². The van der Waals surface area contributed by atoms with Crippen molar-refractivity contribution in [3.8, 4) is 0 Å². The molecule has 0 radical (unpaired) electrons. The van der Waals surface area contributed by atoms with E-state index in [4.69, 9.17) is 4.74 Å². The number of aromatic amines is 1. The van der Waals surface area contributed by atoms with Crippen LogP contribution in [-0.4, -0.2) is 74.1 Å². The third-order valence-electron chi connectivity index (χ3n) is 9.43. The van der Waals surface area contributed by atoms with E-state index in [0.29, 0.717) is 17.5 Å². The number of nitrogens with one attached hydrogen (secondary N) is 5. The molecule has 0 saturated carbocycles. The molecule has 314 valence electrons. The minimum atomic E-state index is -4.76. The fraction of sp³-hybridized carbons (Fsp3) is 0.415. The van der Waals surface area contributed by atoms with Gasteiger partial charge in [-0.25, -0.2) is 17.9 Å². The number of carbonyl (C=O) groups is 4. The van der Waals surface area contributed by atoms with Gasteiger partial charge in [0, 0.05) is 49.5 Å². The number of ether oxygens (including phenoxy) is 1. The molecule has 4 aromatic rings. The van der Waals surface area contributed by atoms with Gasteiger partial charge in [0.05, 0.1) is 24.0 Å². The van der Waals surface area contributed by atoms with E-state index in [1.54, 1.807) is 56.4 Å². The Morgan fingerprint density at radius 1 is 0.817 bits per heavy atom. The number of hydrogen-bond acceptors (Lipinski definition) is 10. The zero-order valence-corrected chi connectivity index (χ0v) is 40.6. The van der Waals surface area contributed by atoms with Crippen molar-refractivity contribution >= 4 is 52.2 Å². The molecule has 3 aromatic carbocycles. The van der Waals surface area contributed by atoms with Crippen LogP contribution < -0.4 is 89.8 Å². The molecule has 0 aliphatic heterocycles. The Labute approximate surface area is 396 Å². The van der Waals surface area contributed by atoms with Crippen LogP contribution in [0.3, 0.4) is 0 Å². The molecule has 19 heteroatoms. The number of para-hydroxylation sites is 1. The Morgan fingerprint density at radius 3 is 2.05 bits per heavy atom. The molecule has 15 nitrogen and oxygen atoms in total. The number of aliphatic carboxylic acids is 1. The second-order valence-electron chi connectivity index (χ2n) is 14.8. The van der Waals surface area contributed by atoms with E-state index >= 15 is 0 Å². The standard InChI is InChI=1S/C41H54N5O10PS.2Na/c1-28(2)22-32(38(47)44-36(40(49)50)24-31-25-43-34-19-11-10-18-33(31)34)27-57(52,53)37(23-29-14-6-4-7-15-29)45-39(48)35(46-58(3,54)55)20-12-13-21-42-41(51)56-26-30-16-8-5-9-17-30;;/h4-11,14-19,25,28,32,35-37,43,46H,12-13,20-24,26-27H2,1-3H3,(H,42,51)(H,44,47)(H,45,48)(H,49,50)(H,52,53);;/q;2*+1/p-2/t32?,35-,36-,37?;;/m0../s1. The molecular weight excluding hydrogens is 831 g/mol. The number of unbranched alkanes of at least 4 members (excludes halogenated alkanes) is 1. The smallest absolute Gasteiger partial charge is 0.798 e. The van der Waals surface area contributed by atoms with Crippen LogP contribution >= 0.6 is 7.37 Å². The number of sulfonamides is 1. The van der Waals surface area contributed by atoms with Gasteiger partial charge in [-0.3, -0.25) is 9.59 Å². The summed E-state index contributed by atoms with van der Waals surface area (Å²) in [5.41, 5.74) is 2.77. The van der Waals surface area contributed by atoms with E-state index < -0.39 is 71.2 Å². The monoisotopic (exact) mass is 883 g/mol. The maximum Gasteiger partial charge on any atom is 1.00 e. The summed E-state index contributed by atoms with van der Waals surface area (Å²) in [6.45, 7) is 3.85. The number of carbonyl (C=O) groups excluding carboxylic acids is 4. The number of alkyl carbamates (subject to hydrolysis) is 1. The zero-order chi connectivity index (χ0) is 42.3. The van der Waals surface area contributed by atoms with Crippen LogP contribution in [0, 0.1) is 11.8 Å². The van der Waals surface area contributed by atoms with Crippen LogP contribution in [0.4, 0.5) is 4.79 Å². The number of rotatable bonds is 23. The van der Waals surface area contributed by atoms with Crippen molar-refractivity contribution in [2.75, 3.05) is 19.0 Å². The Balaban J connectivity index is 0.00000620. The van der Waals surface area contributed by atoms with Crippen molar-refractivity contribution in [3.05, 3.63) is 108 Å². The minimum absolute atomic E-state index is 0. The quantitative estimate of drug-likeness (QED) is 0.0287. The second-order valence-corrected chi connectivity index (χ2v) is 19.0. The first-order valence-corrected chi connectivity index (χ1v) is 22.9. The van der Waals surface area contributed by atoms with E-state index in [1.165, 1.54) is 0 Å². The number of carboxylic acid groups (broad SMARTS) is 1.